The number of halogens is 1. The predicted octanol–water partition coefficient (Wildman–Crippen LogP) is 5.88. The van der Waals surface area contributed by atoms with Gasteiger partial charge in [-0.05, 0) is 66.7 Å². The molecule has 0 aliphatic carbocycles. The smallest absolute Gasteiger partial charge is 0.285 e. The van der Waals surface area contributed by atoms with Gasteiger partial charge in [0.2, 0.25) is 0 Å². The molecule has 0 atom stereocenters. The zero-order valence-electron chi connectivity index (χ0n) is 17.6. The van der Waals surface area contributed by atoms with Crippen LogP contribution in [0.5, 0.6) is 5.75 Å². The van der Waals surface area contributed by atoms with Crippen molar-refractivity contribution >= 4 is 62.1 Å². The molecule has 33 heavy (non-hydrogen) atoms. The number of aryl methyl sites for hydroxylation is 1. The van der Waals surface area contributed by atoms with Gasteiger partial charge < -0.3 is 4.74 Å². The zero-order valence-corrected chi connectivity index (χ0v) is 20.8. The van der Waals surface area contributed by atoms with Crippen molar-refractivity contribution in [1.82, 2.24) is 10.4 Å². The third-order valence-corrected chi connectivity index (χ3v) is 6.74. The molecule has 166 valence electrons. The summed E-state index contributed by atoms with van der Waals surface area (Å²) in [5.74, 6) is -0.156. The van der Waals surface area contributed by atoms with Gasteiger partial charge in [0.25, 0.3) is 11.8 Å². The fourth-order valence-corrected chi connectivity index (χ4v) is 4.70. The molecule has 1 aliphatic heterocycles. The van der Waals surface area contributed by atoms with Crippen LogP contribution in [0.25, 0.3) is 6.08 Å². The molecule has 1 fully saturated rings. The number of amides is 2. The Morgan fingerprint density at radius 3 is 2.61 bits per heavy atom. The monoisotopic (exact) mass is 538 g/mol. The summed E-state index contributed by atoms with van der Waals surface area (Å²) >= 11 is 9.95. The maximum Gasteiger partial charge on any atom is 0.285 e. The summed E-state index contributed by atoms with van der Waals surface area (Å²) in [6.45, 7) is 2.44. The summed E-state index contributed by atoms with van der Waals surface area (Å²) in [5.41, 5.74) is 5.99. The van der Waals surface area contributed by atoms with Crippen molar-refractivity contribution in [2.75, 3.05) is 0 Å². The number of thioether (sulfide) groups is 1. The average molecular weight is 539 g/mol. The van der Waals surface area contributed by atoms with Gasteiger partial charge in [0.05, 0.1) is 4.91 Å². The van der Waals surface area contributed by atoms with Crippen LogP contribution in [-0.4, -0.2) is 21.1 Å². The van der Waals surface area contributed by atoms with E-state index in [9.17, 15) is 9.59 Å². The lowest BCUT2D eigenvalue weighted by atomic mass is 10.1. The molecule has 0 unspecified atom stereocenters. The quantitative estimate of drug-likeness (QED) is 0.313. The second kappa shape index (κ2) is 10.3. The predicted molar refractivity (Wildman–Crippen MR) is 139 cm³/mol. The number of benzene rings is 3. The van der Waals surface area contributed by atoms with Crippen LogP contribution in [-0.2, 0) is 11.4 Å². The topological polar surface area (TPSA) is 58.6 Å². The first-order chi connectivity index (χ1) is 15.9. The minimum Gasteiger partial charge on any atom is -0.488 e. The third kappa shape index (κ3) is 5.52. The van der Waals surface area contributed by atoms with E-state index in [2.05, 4.69) is 21.4 Å². The molecule has 1 N–H and O–H groups in total. The third-order valence-electron chi connectivity index (χ3n) is 4.95. The standard InChI is InChI=1S/C25H19BrN2O3S2/c1-16-7-5-6-10-18(16)15-31-21-12-11-20(26)13-19(21)14-22-24(30)28(25(32)33-22)27-23(29)17-8-3-2-4-9-17/h2-14H,15H2,1H3,(H,27,29)/b22-14+. The lowest BCUT2D eigenvalue weighted by Gasteiger charge is -2.15. The number of rotatable bonds is 6. The van der Waals surface area contributed by atoms with Crippen molar-refractivity contribution in [3.05, 3.63) is 104 Å². The molecular weight excluding hydrogens is 520 g/mol. The maximum absolute atomic E-state index is 13.0. The van der Waals surface area contributed by atoms with E-state index in [1.165, 1.54) is 0 Å². The fourth-order valence-electron chi connectivity index (χ4n) is 3.15. The Kier molecular flexibility index (Phi) is 7.27. The summed E-state index contributed by atoms with van der Waals surface area (Å²) in [6, 6.07) is 22.3. The molecular formula is C25H19BrN2O3S2. The van der Waals surface area contributed by atoms with E-state index in [-0.39, 0.29) is 10.2 Å². The number of thiocarbonyl (C=S) groups is 1. The Bertz CT molecular complexity index is 1260. The molecule has 1 aliphatic rings. The Balaban J connectivity index is 1.54. The summed E-state index contributed by atoms with van der Waals surface area (Å²) < 4.78 is 7.19. The highest BCUT2D eigenvalue weighted by molar-refractivity contribution is 9.10. The van der Waals surface area contributed by atoms with Crippen LogP contribution in [0, 0.1) is 6.92 Å². The van der Waals surface area contributed by atoms with Crippen molar-refractivity contribution in [1.29, 1.82) is 0 Å². The first-order valence-corrected chi connectivity index (χ1v) is 12.0. The van der Waals surface area contributed by atoms with Gasteiger partial charge in [0, 0.05) is 15.6 Å². The van der Waals surface area contributed by atoms with Crippen LogP contribution in [0.4, 0.5) is 0 Å². The number of carbonyl (C=O) groups is 2. The highest BCUT2D eigenvalue weighted by Gasteiger charge is 2.34. The summed E-state index contributed by atoms with van der Waals surface area (Å²) in [7, 11) is 0. The largest absolute Gasteiger partial charge is 0.488 e. The van der Waals surface area contributed by atoms with Gasteiger partial charge in [-0.25, -0.2) is 0 Å². The van der Waals surface area contributed by atoms with Crippen LogP contribution in [0.15, 0.2) is 82.2 Å². The number of ether oxygens (including phenoxy) is 1. The summed E-state index contributed by atoms with van der Waals surface area (Å²) in [6.07, 6.45) is 1.73. The van der Waals surface area contributed by atoms with Gasteiger partial charge in [-0.1, -0.05) is 70.2 Å². The number of hydrogen-bond acceptors (Lipinski definition) is 5. The molecule has 4 rings (SSSR count). The van der Waals surface area contributed by atoms with E-state index in [0.717, 1.165) is 37.9 Å². The Hall–Kier alpha value is -2.94. The van der Waals surface area contributed by atoms with Crippen molar-refractivity contribution in [2.45, 2.75) is 13.5 Å². The van der Waals surface area contributed by atoms with E-state index in [1.807, 2.05) is 55.5 Å². The van der Waals surface area contributed by atoms with Gasteiger partial charge in [-0.2, -0.15) is 5.01 Å². The van der Waals surface area contributed by atoms with E-state index in [4.69, 9.17) is 17.0 Å². The number of nitrogens with one attached hydrogen (secondary N) is 1. The Labute approximate surface area is 209 Å². The molecule has 1 saturated heterocycles. The molecule has 3 aromatic carbocycles. The van der Waals surface area contributed by atoms with Crippen molar-refractivity contribution in [2.24, 2.45) is 0 Å². The van der Waals surface area contributed by atoms with E-state index in [0.29, 0.717) is 22.8 Å². The summed E-state index contributed by atoms with van der Waals surface area (Å²) in [4.78, 5) is 25.9. The van der Waals surface area contributed by atoms with Crippen molar-refractivity contribution < 1.29 is 14.3 Å². The van der Waals surface area contributed by atoms with E-state index < -0.39 is 5.91 Å². The second-order valence-electron chi connectivity index (χ2n) is 7.22. The zero-order chi connectivity index (χ0) is 23.4. The highest BCUT2D eigenvalue weighted by atomic mass is 79.9. The first-order valence-electron chi connectivity index (χ1n) is 10.0. The molecule has 0 saturated carbocycles. The van der Waals surface area contributed by atoms with Gasteiger partial charge in [-0.15, -0.1) is 0 Å². The lowest BCUT2D eigenvalue weighted by Crippen LogP contribution is -2.44. The SMILES string of the molecule is Cc1ccccc1COc1ccc(Br)cc1/C=C1/SC(=S)N(NC(=O)c2ccccc2)C1=O. The molecule has 1 heterocycles. The average Bonchev–Trinajstić information content (AvgIpc) is 3.07. The van der Waals surface area contributed by atoms with Gasteiger partial charge in [0.15, 0.2) is 4.32 Å². The van der Waals surface area contributed by atoms with Crippen molar-refractivity contribution in [3.8, 4) is 5.75 Å². The van der Waals surface area contributed by atoms with Crippen molar-refractivity contribution in [3.63, 3.8) is 0 Å². The minimum atomic E-state index is -0.405. The molecule has 0 aromatic heterocycles. The first kappa shape index (κ1) is 23.2. The van der Waals surface area contributed by atoms with Crippen LogP contribution >= 0.6 is 39.9 Å². The molecule has 2 amide bonds. The van der Waals surface area contributed by atoms with Gasteiger partial charge >= 0.3 is 0 Å². The molecule has 0 spiro atoms. The molecule has 8 heteroatoms. The summed E-state index contributed by atoms with van der Waals surface area (Å²) in [5, 5.41) is 1.10. The number of hydrogen-bond donors (Lipinski definition) is 1. The van der Waals surface area contributed by atoms with Crippen LogP contribution in [0.3, 0.4) is 0 Å². The van der Waals surface area contributed by atoms with Gasteiger partial charge in [0.1, 0.15) is 12.4 Å². The van der Waals surface area contributed by atoms with Crippen LogP contribution in [0.2, 0.25) is 0 Å². The van der Waals surface area contributed by atoms with Crippen LogP contribution in [0.1, 0.15) is 27.0 Å². The Morgan fingerprint density at radius 2 is 1.85 bits per heavy atom. The van der Waals surface area contributed by atoms with Gasteiger partial charge in [-0.3, -0.25) is 15.0 Å². The van der Waals surface area contributed by atoms with E-state index in [1.54, 1.807) is 30.3 Å². The minimum absolute atomic E-state index is 0.257. The molecule has 5 nitrogen and oxygen atoms in total. The Morgan fingerprint density at radius 1 is 1.12 bits per heavy atom. The van der Waals surface area contributed by atoms with Crippen LogP contribution < -0.4 is 10.2 Å². The lowest BCUT2D eigenvalue weighted by molar-refractivity contribution is -0.123. The molecule has 0 radical (unpaired) electrons. The molecule has 0 bridgehead atoms. The molecule has 3 aromatic rings. The normalized spacial score (nSPS) is 14.6. The second-order valence-corrected chi connectivity index (χ2v) is 9.81. The number of hydrazine groups is 1. The van der Waals surface area contributed by atoms with E-state index >= 15 is 0 Å². The number of carbonyl (C=O) groups excluding carboxylic acids is 2. The number of nitrogens with zero attached hydrogens (tertiary/aromatic N) is 1. The highest BCUT2D eigenvalue weighted by Crippen LogP contribution is 2.34. The fraction of sp³-hybridized carbons (Fsp3) is 0.0800. The maximum atomic E-state index is 13.0.